The molecule has 0 N–H and O–H groups in total. The first-order valence-electron chi connectivity index (χ1n) is 7.28. The van der Waals surface area contributed by atoms with E-state index in [1.807, 2.05) is 19.1 Å². The van der Waals surface area contributed by atoms with E-state index in [4.69, 9.17) is 0 Å². The summed E-state index contributed by atoms with van der Waals surface area (Å²) in [5.41, 5.74) is 2.45. The second kappa shape index (κ2) is 5.61. The number of imide groups is 1. The normalized spacial score (nSPS) is 20.2. The average Bonchev–Trinajstić information content (AvgIpc) is 2.67. The summed E-state index contributed by atoms with van der Waals surface area (Å²) < 4.78 is 27.0. The van der Waals surface area contributed by atoms with Crippen LogP contribution in [-0.2, 0) is 14.8 Å². The Morgan fingerprint density at radius 1 is 1.09 bits per heavy atom. The van der Waals surface area contributed by atoms with E-state index in [1.54, 1.807) is 13.8 Å². The number of amides is 2. The number of sulfonamides is 1. The van der Waals surface area contributed by atoms with Crippen LogP contribution in [0.2, 0.25) is 0 Å². The first-order valence-corrected chi connectivity index (χ1v) is 9.71. The van der Waals surface area contributed by atoms with Crippen LogP contribution < -0.4 is 0 Å². The molecule has 2 aliphatic rings. The third kappa shape index (κ3) is 2.68. The molecule has 0 atom stereocenters. The van der Waals surface area contributed by atoms with Gasteiger partial charge in [-0.1, -0.05) is 29.5 Å². The smallest absolute Gasteiger partial charge is 0.273 e. The van der Waals surface area contributed by atoms with Crippen molar-refractivity contribution in [2.75, 3.05) is 18.8 Å². The van der Waals surface area contributed by atoms with Crippen LogP contribution >= 0.6 is 11.8 Å². The number of nitrogens with zero attached hydrogens (tertiary/aromatic N) is 2. The monoisotopic (exact) mass is 354 g/mol. The lowest BCUT2D eigenvalue weighted by atomic mass is 10.1. The van der Waals surface area contributed by atoms with Crippen molar-refractivity contribution < 1.29 is 18.0 Å². The van der Waals surface area contributed by atoms with Crippen LogP contribution in [0, 0.1) is 20.8 Å². The molecule has 2 fully saturated rings. The minimum Gasteiger partial charge on any atom is -0.273 e. The fraction of sp³-hybridized carbons (Fsp3) is 0.467. The Hall–Kier alpha value is -1.38. The number of rotatable bonds is 3. The van der Waals surface area contributed by atoms with Gasteiger partial charge < -0.3 is 0 Å². The van der Waals surface area contributed by atoms with E-state index in [0.717, 1.165) is 28.5 Å². The van der Waals surface area contributed by atoms with Crippen molar-refractivity contribution >= 4 is 32.9 Å². The van der Waals surface area contributed by atoms with Crippen molar-refractivity contribution in [1.29, 1.82) is 0 Å². The summed E-state index contributed by atoms with van der Waals surface area (Å²) in [5.74, 6) is -0.0807. The summed E-state index contributed by atoms with van der Waals surface area (Å²) in [5, 5.41) is -0.278. The number of carbonyl (C=O) groups excluding carboxylic acids is 2. The second-order valence-corrected chi connectivity index (χ2v) is 8.82. The van der Waals surface area contributed by atoms with Crippen molar-refractivity contribution in [3.05, 3.63) is 28.8 Å². The molecule has 0 aliphatic carbocycles. The highest BCUT2D eigenvalue weighted by Gasteiger charge is 2.46. The SMILES string of the molecule is Cc1cc(C)c(S(=O)(=O)N2CC(N3C(=O)CSC3=O)C2)c(C)c1. The van der Waals surface area contributed by atoms with Crippen LogP contribution in [0.15, 0.2) is 17.0 Å². The van der Waals surface area contributed by atoms with Gasteiger partial charge in [0, 0.05) is 13.1 Å². The molecular weight excluding hydrogens is 336 g/mol. The van der Waals surface area contributed by atoms with Crippen LogP contribution in [0.3, 0.4) is 0 Å². The fourth-order valence-electron chi connectivity index (χ4n) is 3.20. The molecule has 2 saturated heterocycles. The third-order valence-electron chi connectivity index (χ3n) is 4.18. The highest BCUT2D eigenvalue weighted by atomic mass is 32.2. The zero-order valence-electron chi connectivity index (χ0n) is 13.2. The Labute approximate surface area is 139 Å². The number of hydrogen-bond acceptors (Lipinski definition) is 5. The Bertz CT molecular complexity index is 759. The molecule has 8 heteroatoms. The lowest BCUT2D eigenvalue weighted by Gasteiger charge is -2.41. The molecule has 0 saturated carbocycles. The van der Waals surface area contributed by atoms with E-state index in [2.05, 4.69) is 0 Å². The van der Waals surface area contributed by atoms with Crippen molar-refractivity contribution in [2.45, 2.75) is 31.7 Å². The predicted molar refractivity (Wildman–Crippen MR) is 87.9 cm³/mol. The van der Waals surface area contributed by atoms with Gasteiger partial charge in [-0.3, -0.25) is 14.5 Å². The summed E-state index contributed by atoms with van der Waals surface area (Å²) in [7, 11) is -3.60. The molecule has 124 valence electrons. The number of hydrogen-bond donors (Lipinski definition) is 0. The standard InChI is InChI=1S/C15H18N2O4S2/c1-9-4-10(2)14(11(3)5-9)23(20,21)16-6-12(7-16)17-13(18)8-22-15(17)19/h4-5,12H,6-8H2,1-3H3. The summed E-state index contributed by atoms with van der Waals surface area (Å²) >= 11 is 0.972. The van der Waals surface area contributed by atoms with Gasteiger partial charge in [-0.15, -0.1) is 0 Å². The van der Waals surface area contributed by atoms with Gasteiger partial charge in [0.25, 0.3) is 5.24 Å². The number of aryl methyl sites for hydroxylation is 3. The van der Waals surface area contributed by atoms with Crippen LogP contribution in [0.25, 0.3) is 0 Å². The zero-order chi connectivity index (χ0) is 16.9. The Morgan fingerprint density at radius 2 is 1.65 bits per heavy atom. The molecule has 2 amide bonds. The van der Waals surface area contributed by atoms with E-state index in [0.29, 0.717) is 4.90 Å². The molecule has 23 heavy (non-hydrogen) atoms. The summed E-state index contributed by atoms with van der Waals surface area (Å²) in [6.45, 7) is 5.85. The number of benzene rings is 1. The highest BCUT2D eigenvalue weighted by molar-refractivity contribution is 8.14. The lowest BCUT2D eigenvalue weighted by Crippen LogP contribution is -2.62. The Kier molecular flexibility index (Phi) is 4.02. The molecule has 0 bridgehead atoms. The molecule has 1 aromatic rings. The summed E-state index contributed by atoms with van der Waals surface area (Å²) in [4.78, 5) is 24.9. The minimum atomic E-state index is -3.60. The van der Waals surface area contributed by atoms with Gasteiger partial charge in [0.15, 0.2) is 0 Å². The molecule has 0 unspecified atom stereocenters. The summed E-state index contributed by atoms with van der Waals surface area (Å²) in [6.07, 6.45) is 0. The molecule has 0 spiro atoms. The van der Waals surface area contributed by atoms with Crippen molar-refractivity contribution in [3.63, 3.8) is 0 Å². The Morgan fingerprint density at radius 3 is 2.13 bits per heavy atom. The molecular formula is C15H18N2O4S2. The van der Waals surface area contributed by atoms with E-state index in [1.165, 1.54) is 9.21 Å². The maximum Gasteiger partial charge on any atom is 0.289 e. The molecule has 3 rings (SSSR count). The Balaban J connectivity index is 1.82. The first-order chi connectivity index (χ1) is 10.7. The third-order valence-corrected chi connectivity index (χ3v) is 7.15. The largest absolute Gasteiger partial charge is 0.289 e. The van der Waals surface area contributed by atoms with Crippen molar-refractivity contribution in [1.82, 2.24) is 9.21 Å². The van der Waals surface area contributed by atoms with Gasteiger partial charge in [-0.05, 0) is 31.9 Å². The predicted octanol–water partition coefficient (Wildman–Crippen LogP) is 1.68. The molecule has 6 nitrogen and oxygen atoms in total. The van der Waals surface area contributed by atoms with Crippen molar-refractivity contribution in [2.24, 2.45) is 0 Å². The molecule has 0 aromatic heterocycles. The van der Waals surface area contributed by atoms with E-state index < -0.39 is 10.0 Å². The first kappa shape index (κ1) is 16.5. The molecule has 1 aromatic carbocycles. The topological polar surface area (TPSA) is 74.8 Å². The van der Waals surface area contributed by atoms with Crippen LogP contribution in [0.1, 0.15) is 16.7 Å². The van der Waals surface area contributed by atoms with Gasteiger partial charge in [-0.25, -0.2) is 8.42 Å². The van der Waals surface area contributed by atoms with Crippen LogP contribution in [-0.4, -0.2) is 53.7 Å². The van der Waals surface area contributed by atoms with Gasteiger partial charge in [0.2, 0.25) is 15.9 Å². The van der Waals surface area contributed by atoms with E-state index in [9.17, 15) is 18.0 Å². The van der Waals surface area contributed by atoms with Gasteiger partial charge in [0.05, 0.1) is 16.7 Å². The number of thioether (sulfide) groups is 1. The summed E-state index contributed by atoms with van der Waals surface area (Å²) in [6, 6.07) is 3.36. The minimum absolute atomic E-state index is 0.151. The maximum atomic E-state index is 12.8. The number of carbonyl (C=O) groups is 2. The van der Waals surface area contributed by atoms with Crippen LogP contribution in [0.4, 0.5) is 4.79 Å². The van der Waals surface area contributed by atoms with Crippen molar-refractivity contribution in [3.8, 4) is 0 Å². The molecule has 2 aliphatic heterocycles. The van der Waals surface area contributed by atoms with Gasteiger partial charge >= 0.3 is 0 Å². The fourth-order valence-corrected chi connectivity index (χ4v) is 5.90. The quantitative estimate of drug-likeness (QED) is 0.826. The average molecular weight is 354 g/mol. The second-order valence-electron chi connectivity index (χ2n) is 6.02. The van der Waals surface area contributed by atoms with Gasteiger partial charge in [0.1, 0.15) is 0 Å². The van der Waals surface area contributed by atoms with Crippen LogP contribution in [0.5, 0.6) is 0 Å². The highest BCUT2D eigenvalue weighted by Crippen LogP contribution is 2.32. The lowest BCUT2D eigenvalue weighted by molar-refractivity contribution is -0.127. The van der Waals surface area contributed by atoms with Gasteiger partial charge in [-0.2, -0.15) is 4.31 Å². The molecule has 2 heterocycles. The van der Waals surface area contributed by atoms with E-state index >= 15 is 0 Å². The molecule has 0 radical (unpaired) electrons. The zero-order valence-corrected chi connectivity index (χ0v) is 14.8. The maximum absolute atomic E-state index is 12.8. The van der Waals surface area contributed by atoms with E-state index in [-0.39, 0.29) is 36.0 Å².